The third-order valence-corrected chi connectivity index (χ3v) is 1.48. The van der Waals surface area contributed by atoms with Crippen LogP contribution in [0.1, 0.15) is 5.56 Å². The van der Waals surface area contributed by atoms with Crippen LogP contribution in [0.25, 0.3) is 0 Å². The summed E-state index contributed by atoms with van der Waals surface area (Å²) in [5, 5.41) is 0. The highest BCUT2D eigenvalue weighted by Crippen LogP contribution is 1.94. The van der Waals surface area contributed by atoms with Crippen LogP contribution in [0.3, 0.4) is 0 Å². The van der Waals surface area contributed by atoms with Gasteiger partial charge in [0.15, 0.2) is 6.61 Å². The molecule has 0 fully saturated rings. The Morgan fingerprint density at radius 3 is 2.71 bits per heavy atom. The minimum Gasteiger partial charge on any atom is -0.452 e. The van der Waals surface area contributed by atoms with Gasteiger partial charge in [-0.05, 0) is 12.1 Å². The summed E-state index contributed by atoms with van der Waals surface area (Å²) in [7, 11) is 0. The first-order chi connectivity index (χ1) is 6.83. The minimum absolute atomic E-state index is 0.0882. The van der Waals surface area contributed by atoms with Crippen molar-refractivity contribution in [1.82, 2.24) is 0 Å². The van der Waals surface area contributed by atoms with Crippen molar-refractivity contribution >= 4 is 5.97 Å². The van der Waals surface area contributed by atoms with Gasteiger partial charge in [0.25, 0.3) is 0 Å². The molecule has 0 radical (unpaired) electrons. The summed E-state index contributed by atoms with van der Waals surface area (Å²) in [6.07, 6.45) is 0. The van der Waals surface area contributed by atoms with E-state index in [0.717, 1.165) is 5.56 Å². The van der Waals surface area contributed by atoms with Crippen molar-refractivity contribution in [2.75, 3.05) is 13.2 Å². The van der Waals surface area contributed by atoms with Gasteiger partial charge in [-0.2, -0.15) is 0 Å². The zero-order valence-corrected chi connectivity index (χ0v) is 7.69. The largest absolute Gasteiger partial charge is 0.452 e. The molecule has 0 aliphatic rings. The lowest BCUT2D eigenvalue weighted by atomic mass is 10.2. The molecule has 3 nitrogen and oxygen atoms in total. The third kappa shape index (κ3) is 3.74. The summed E-state index contributed by atoms with van der Waals surface area (Å²) in [6.45, 7) is -0.0159. The van der Waals surface area contributed by atoms with Gasteiger partial charge in [0.2, 0.25) is 0 Å². The van der Waals surface area contributed by atoms with Gasteiger partial charge in [0, 0.05) is 5.56 Å². The van der Waals surface area contributed by atoms with Crippen molar-refractivity contribution in [3.63, 3.8) is 0 Å². The predicted octanol–water partition coefficient (Wildman–Crippen LogP) is 0.540. The van der Waals surface area contributed by atoms with Gasteiger partial charge in [0.05, 0.1) is 6.54 Å². The maximum absolute atomic E-state index is 10.6. The summed E-state index contributed by atoms with van der Waals surface area (Å²) in [5.41, 5.74) is 5.94. The van der Waals surface area contributed by atoms with Gasteiger partial charge in [-0.1, -0.05) is 30.0 Å². The van der Waals surface area contributed by atoms with E-state index in [1.54, 1.807) is 0 Å². The van der Waals surface area contributed by atoms with Crippen LogP contribution in [0, 0.1) is 11.8 Å². The topological polar surface area (TPSA) is 52.3 Å². The minimum atomic E-state index is -0.438. The normalized spacial score (nSPS) is 8.64. The molecule has 0 atom stereocenters. The van der Waals surface area contributed by atoms with E-state index in [9.17, 15) is 4.79 Å². The van der Waals surface area contributed by atoms with Crippen LogP contribution >= 0.6 is 0 Å². The molecule has 0 saturated carbocycles. The van der Waals surface area contributed by atoms with E-state index in [4.69, 9.17) is 5.73 Å². The first kappa shape index (κ1) is 10.3. The molecule has 0 aliphatic heterocycles. The molecule has 0 spiro atoms. The van der Waals surface area contributed by atoms with Crippen LogP contribution in [0.15, 0.2) is 30.3 Å². The molecule has 2 N–H and O–H groups in total. The van der Waals surface area contributed by atoms with Crippen molar-refractivity contribution in [3.05, 3.63) is 35.9 Å². The van der Waals surface area contributed by atoms with Gasteiger partial charge >= 0.3 is 5.97 Å². The lowest BCUT2D eigenvalue weighted by molar-refractivity contribution is -0.140. The molecule has 1 aromatic rings. The Bertz CT molecular complexity index is 349. The van der Waals surface area contributed by atoms with E-state index in [1.807, 2.05) is 30.3 Å². The number of nitrogens with two attached hydrogens (primary N) is 1. The lowest BCUT2D eigenvalue weighted by Crippen LogP contribution is -2.16. The molecule has 0 saturated heterocycles. The molecular formula is C11H11NO2. The van der Waals surface area contributed by atoms with Crippen molar-refractivity contribution in [2.45, 2.75) is 0 Å². The molecule has 0 heterocycles. The molecule has 72 valence electrons. The number of carbonyl (C=O) groups is 1. The van der Waals surface area contributed by atoms with E-state index in [2.05, 4.69) is 16.6 Å². The average molecular weight is 189 g/mol. The Morgan fingerprint density at radius 2 is 2.07 bits per heavy atom. The molecule has 14 heavy (non-hydrogen) atoms. The van der Waals surface area contributed by atoms with Crippen LogP contribution in [0.4, 0.5) is 0 Å². The van der Waals surface area contributed by atoms with Crippen LogP contribution in [-0.4, -0.2) is 19.1 Å². The first-order valence-corrected chi connectivity index (χ1v) is 4.22. The number of esters is 1. The Kier molecular flexibility index (Phi) is 4.25. The maximum atomic E-state index is 10.6. The van der Waals surface area contributed by atoms with Crippen LogP contribution in [0.2, 0.25) is 0 Å². The van der Waals surface area contributed by atoms with Crippen molar-refractivity contribution in [1.29, 1.82) is 0 Å². The fourth-order valence-electron chi connectivity index (χ4n) is 0.835. The highest BCUT2D eigenvalue weighted by Gasteiger charge is 1.93. The molecular weight excluding hydrogens is 178 g/mol. The Balaban J connectivity index is 2.38. The molecule has 0 unspecified atom stereocenters. The Hall–Kier alpha value is -1.79. The lowest BCUT2D eigenvalue weighted by Gasteiger charge is -1.94. The molecule has 1 aromatic carbocycles. The summed E-state index contributed by atoms with van der Waals surface area (Å²) in [6, 6.07) is 9.49. The van der Waals surface area contributed by atoms with Crippen LogP contribution < -0.4 is 5.73 Å². The number of rotatable bonds is 2. The summed E-state index contributed by atoms with van der Waals surface area (Å²) < 4.78 is 4.68. The van der Waals surface area contributed by atoms with E-state index in [-0.39, 0.29) is 13.2 Å². The second-order valence-electron chi connectivity index (χ2n) is 2.53. The number of benzene rings is 1. The second-order valence-corrected chi connectivity index (χ2v) is 2.53. The first-order valence-electron chi connectivity index (χ1n) is 4.22. The number of carbonyl (C=O) groups excluding carboxylic acids is 1. The van der Waals surface area contributed by atoms with Crippen molar-refractivity contribution in [3.8, 4) is 11.8 Å². The molecule has 0 aromatic heterocycles. The standard InChI is InChI=1S/C11H11NO2/c12-9-11(13)14-8-4-7-10-5-2-1-3-6-10/h1-3,5-6H,8-9,12H2. The van der Waals surface area contributed by atoms with Gasteiger partial charge < -0.3 is 10.5 Å². The number of hydrogen-bond acceptors (Lipinski definition) is 3. The maximum Gasteiger partial charge on any atom is 0.320 e. The average Bonchev–Trinajstić information content (AvgIpc) is 2.25. The summed E-state index contributed by atoms with van der Waals surface area (Å²) in [4.78, 5) is 10.6. The Labute approximate surface area is 82.9 Å². The number of ether oxygens (including phenoxy) is 1. The van der Waals surface area contributed by atoms with Crippen LogP contribution in [0.5, 0.6) is 0 Å². The van der Waals surface area contributed by atoms with Gasteiger partial charge in [-0.25, -0.2) is 0 Å². The number of hydrogen-bond donors (Lipinski definition) is 1. The Morgan fingerprint density at radius 1 is 1.36 bits per heavy atom. The molecule has 0 aliphatic carbocycles. The third-order valence-electron chi connectivity index (χ3n) is 1.48. The second kappa shape index (κ2) is 5.79. The highest BCUT2D eigenvalue weighted by molar-refractivity contribution is 5.71. The summed E-state index contributed by atoms with van der Waals surface area (Å²) in [5.74, 6) is 5.14. The quantitative estimate of drug-likeness (QED) is 0.545. The smallest absolute Gasteiger partial charge is 0.320 e. The fourth-order valence-corrected chi connectivity index (χ4v) is 0.835. The fraction of sp³-hybridized carbons (Fsp3) is 0.182. The molecule has 3 heteroatoms. The SMILES string of the molecule is NCC(=O)OCC#Cc1ccccc1. The molecule has 0 bridgehead atoms. The monoisotopic (exact) mass is 189 g/mol. The van der Waals surface area contributed by atoms with E-state index in [1.165, 1.54) is 0 Å². The molecule has 1 rings (SSSR count). The van der Waals surface area contributed by atoms with E-state index < -0.39 is 5.97 Å². The van der Waals surface area contributed by atoms with Crippen LogP contribution in [-0.2, 0) is 9.53 Å². The predicted molar refractivity (Wildman–Crippen MR) is 53.3 cm³/mol. The van der Waals surface area contributed by atoms with Crippen molar-refractivity contribution in [2.24, 2.45) is 5.73 Å². The van der Waals surface area contributed by atoms with Gasteiger partial charge in [-0.15, -0.1) is 0 Å². The highest BCUT2D eigenvalue weighted by atomic mass is 16.5. The van der Waals surface area contributed by atoms with Crippen molar-refractivity contribution < 1.29 is 9.53 Å². The zero-order chi connectivity index (χ0) is 10.2. The van der Waals surface area contributed by atoms with E-state index in [0.29, 0.717) is 0 Å². The van der Waals surface area contributed by atoms with Gasteiger partial charge in [-0.3, -0.25) is 4.79 Å². The van der Waals surface area contributed by atoms with Gasteiger partial charge in [0.1, 0.15) is 0 Å². The summed E-state index contributed by atoms with van der Waals surface area (Å²) >= 11 is 0. The van der Waals surface area contributed by atoms with E-state index >= 15 is 0 Å². The molecule has 0 amide bonds. The zero-order valence-electron chi connectivity index (χ0n) is 7.69.